The quantitative estimate of drug-likeness (QED) is 0.666. The van der Waals surface area contributed by atoms with E-state index in [1.165, 1.54) is 0 Å². The summed E-state index contributed by atoms with van der Waals surface area (Å²) in [6.07, 6.45) is 3.35. The zero-order valence-corrected chi connectivity index (χ0v) is 12.9. The zero-order chi connectivity index (χ0) is 15.0. The summed E-state index contributed by atoms with van der Waals surface area (Å²) in [5.74, 6) is 0.920. The lowest BCUT2D eigenvalue weighted by atomic mass is 10.0. The van der Waals surface area contributed by atoms with Gasteiger partial charge >= 0.3 is 0 Å². The largest absolute Gasteiger partial charge is 0.253 e. The molecule has 3 rings (SSSR count). The number of halogens is 1. The Morgan fingerprint density at radius 2 is 1.71 bits per heavy atom. The summed E-state index contributed by atoms with van der Waals surface area (Å²) in [7, 11) is 0. The highest BCUT2D eigenvalue weighted by Gasteiger charge is 2.14. The van der Waals surface area contributed by atoms with Crippen LogP contribution in [0.5, 0.6) is 0 Å². The van der Waals surface area contributed by atoms with Crippen molar-refractivity contribution in [3.63, 3.8) is 0 Å². The van der Waals surface area contributed by atoms with Crippen LogP contribution in [0.2, 0.25) is 5.15 Å². The maximum absolute atomic E-state index is 6.32. The number of hydrogen-bond donors (Lipinski definition) is 0. The Balaban J connectivity index is 2.14. The number of benzene rings is 1. The Morgan fingerprint density at radius 1 is 1.00 bits per heavy atom. The lowest BCUT2D eigenvalue weighted by molar-refractivity contribution is 0.831. The van der Waals surface area contributed by atoms with Crippen molar-refractivity contribution in [3.05, 3.63) is 47.0 Å². The van der Waals surface area contributed by atoms with Gasteiger partial charge in [-0.2, -0.15) is 0 Å². The molecule has 0 spiro atoms. The average molecular weight is 299 g/mol. The molecule has 0 bridgehead atoms. The average Bonchev–Trinajstić information content (AvgIpc) is 2.45. The van der Waals surface area contributed by atoms with E-state index in [1.54, 1.807) is 12.4 Å². The number of rotatable bonds is 2. The number of nitrogens with zero attached hydrogens (tertiary/aromatic N) is 4. The first kappa shape index (κ1) is 13.9. The summed E-state index contributed by atoms with van der Waals surface area (Å²) in [5.41, 5.74) is 4.48. The number of fused-ring (bicyclic) bond motifs is 1. The molecule has 3 aromatic rings. The van der Waals surface area contributed by atoms with Gasteiger partial charge in [0, 0.05) is 29.2 Å². The van der Waals surface area contributed by atoms with Crippen LogP contribution in [0.15, 0.2) is 30.6 Å². The van der Waals surface area contributed by atoms with E-state index in [0.29, 0.717) is 16.9 Å². The minimum Gasteiger partial charge on any atom is -0.253 e. The molecule has 5 heteroatoms. The Labute approximate surface area is 128 Å². The van der Waals surface area contributed by atoms with E-state index in [4.69, 9.17) is 11.6 Å². The van der Waals surface area contributed by atoms with E-state index in [9.17, 15) is 0 Å². The molecule has 2 aromatic heterocycles. The van der Waals surface area contributed by atoms with Crippen molar-refractivity contribution in [2.75, 3.05) is 0 Å². The van der Waals surface area contributed by atoms with Crippen molar-refractivity contribution in [2.45, 2.75) is 26.7 Å². The maximum Gasteiger partial charge on any atom is 0.161 e. The predicted molar refractivity (Wildman–Crippen MR) is 84.4 cm³/mol. The van der Waals surface area contributed by atoms with Crippen molar-refractivity contribution >= 4 is 22.6 Å². The van der Waals surface area contributed by atoms with E-state index < -0.39 is 0 Å². The van der Waals surface area contributed by atoms with Gasteiger partial charge in [0.25, 0.3) is 0 Å². The van der Waals surface area contributed by atoms with Gasteiger partial charge in [0.15, 0.2) is 5.82 Å². The molecule has 0 atom stereocenters. The van der Waals surface area contributed by atoms with Crippen LogP contribution in [0.1, 0.15) is 31.0 Å². The predicted octanol–water partition coefficient (Wildman–Crippen LogP) is 4.17. The molecule has 0 saturated heterocycles. The van der Waals surface area contributed by atoms with Crippen LogP contribution in [0.3, 0.4) is 0 Å². The Hall–Kier alpha value is -2.07. The molecule has 4 nitrogen and oxygen atoms in total. The summed E-state index contributed by atoms with van der Waals surface area (Å²) in [4.78, 5) is 17.6. The summed E-state index contributed by atoms with van der Waals surface area (Å²) in [6.45, 7) is 6.14. The fraction of sp³-hybridized carbons (Fsp3) is 0.250. The number of aromatic nitrogens is 4. The van der Waals surface area contributed by atoms with Crippen LogP contribution < -0.4 is 0 Å². The van der Waals surface area contributed by atoms with Crippen molar-refractivity contribution in [1.82, 2.24) is 19.9 Å². The molecule has 0 radical (unpaired) electrons. The molecular formula is C16H15ClN4. The van der Waals surface area contributed by atoms with Gasteiger partial charge in [0.05, 0.1) is 11.0 Å². The van der Waals surface area contributed by atoms with E-state index in [2.05, 4.69) is 33.8 Å². The van der Waals surface area contributed by atoms with Crippen LogP contribution in [-0.4, -0.2) is 19.9 Å². The molecule has 0 aliphatic heterocycles. The second kappa shape index (κ2) is 5.37. The lowest BCUT2D eigenvalue weighted by Crippen LogP contribution is -2.02. The molecular weight excluding hydrogens is 284 g/mol. The van der Waals surface area contributed by atoms with Crippen molar-refractivity contribution in [3.8, 4) is 11.4 Å². The van der Waals surface area contributed by atoms with Crippen LogP contribution in [-0.2, 0) is 0 Å². The van der Waals surface area contributed by atoms with Crippen molar-refractivity contribution in [2.24, 2.45) is 0 Å². The van der Waals surface area contributed by atoms with E-state index in [-0.39, 0.29) is 0 Å². The maximum atomic E-state index is 6.32. The zero-order valence-electron chi connectivity index (χ0n) is 12.1. The molecule has 0 unspecified atom stereocenters. The number of hydrogen-bond acceptors (Lipinski definition) is 4. The highest BCUT2D eigenvalue weighted by molar-refractivity contribution is 6.30. The van der Waals surface area contributed by atoms with Crippen LogP contribution in [0.4, 0.5) is 0 Å². The van der Waals surface area contributed by atoms with Gasteiger partial charge in [0.1, 0.15) is 5.15 Å². The lowest BCUT2D eigenvalue weighted by Gasteiger charge is -2.12. The van der Waals surface area contributed by atoms with Gasteiger partial charge in [-0.25, -0.2) is 9.97 Å². The van der Waals surface area contributed by atoms with Crippen molar-refractivity contribution in [1.29, 1.82) is 0 Å². The minimum atomic E-state index is 0.300. The molecule has 106 valence electrons. The van der Waals surface area contributed by atoms with Gasteiger partial charge in [-0.15, -0.1) is 0 Å². The second-order valence-corrected chi connectivity index (χ2v) is 5.61. The Morgan fingerprint density at radius 3 is 2.38 bits per heavy atom. The van der Waals surface area contributed by atoms with E-state index in [0.717, 1.165) is 27.9 Å². The Kier molecular flexibility index (Phi) is 3.55. The topological polar surface area (TPSA) is 51.6 Å². The highest BCUT2D eigenvalue weighted by atomic mass is 35.5. The number of aryl methyl sites for hydroxylation is 1. The molecule has 1 aromatic carbocycles. The summed E-state index contributed by atoms with van der Waals surface area (Å²) in [6, 6.07) is 5.79. The molecule has 0 aliphatic rings. The normalized spacial score (nSPS) is 11.3. The third-order valence-electron chi connectivity index (χ3n) is 3.39. The van der Waals surface area contributed by atoms with Gasteiger partial charge < -0.3 is 0 Å². The molecule has 2 heterocycles. The van der Waals surface area contributed by atoms with Crippen LogP contribution >= 0.6 is 11.6 Å². The third kappa shape index (κ3) is 2.59. The van der Waals surface area contributed by atoms with E-state index in [1.807, 2.05) is 25.1 Å². The first-order chi connectivity index (χ1) is 10.1. The fourth-order valence-electron chi connectivity index (χ4n) is 2.43. The monoisotopic (exact) mass is 298 g/mol. The van der Waals surface area contributed by atoms with Gasteiger partial charge in [-0.3, -0.25) is 9.97 Å². The van der Waals surface area contributed by atoms with Crippen LogP contribution in [0, 0.1) is 6.92 Å². The fourth-order valence-corrected chi connectivity index (χ4v) is 2.87. The van der Waals surface area contributed by atoms with Crippen molar-refractivity contribution < 1.29 is 0 Å². The molecule has 0 amide bonds. The molecule has 0 fully saturated rings. The van der Waals surface area contributed by atoms with Gasteiger partial charge in [0.2, 0.25) is 0 Å². The second-order valence-electron chi connectivity index (χ2n) is 5.25. The molecule has 0 aliphatic carbocycles. The van der Waals surface area contributed by atoms with Crippen LogP contribution in [0.25, 0.3) is 22.4 Å². The SMILES string of the molecule is Cc1nc(-c2ccc3nccnc3c2)nc(Cl)c1C(C)C. The molecule has 0 saturated carbocycles. The summed E-state index contributed by atoms with van der Waals surface area (Å²) < 4.78 is 0. The van der Waals surface area contributed by atoms with E-state index >= 15 is 0 Å². The standard InChI is InChI=1S/C16H15ClN4/c1-9(2)14-10(3)20-16(21-15(14)17)11-4-5-12-13(8-11)19-7-6-18-12/h4-9H,1-3H3. The first-order valence-corrected chi connectivity index (χ1v) is 7.19. The third-order valence-corrected chi connectivity index (χ3v) is 3.68. The smallest absolute Gasteiger partial charge is 0.161 e. The summed E-state index contributed by atoms with van der Waals surface area (Å²) >= 11 is 6.32. The first-order valence-electron chi connectivity index (χ1n) is 6.81. The van der Waals surface area contributed by atoms with Gasteiger partial charge in [-0.1, -0.05) is 25.4 Å². The molecule has 21 heavy (non-hydrogen) atoms. The molecule has 0 N–H and O–H groups in total. The minimum absolute atomic E-state index is 0.300. The summed E-state index contributed by atoms with van der Waals surface area (Å²) in [5, 5.41) is 0.520. The van der Waals surface area contributed by atoms with Gasteiger partial charge in [-0.05, 0) is 31.0 Å². The highest BCUT2D eigenvalue weighted by Crippen LogP contribution is 2.28. The Bertz CT molecular complexity index is 791.